The van der Waals surface area contributed by atoms with Crippen LogP contribution in [0.4, 0.5) is 5.69 Å². The Labute approximate surface area is 129 Å². The summed E-state index contributed by atoms with van der Waals surface area (Å²) in [6, 6.07) is 4.56. The molecule has 2 aliphatic rings. The van der Waals surface area contributed by atoms with Crippen LogP contribution in [0.2, 0.25) is 0 Å². The first-order valence-electron chi connectivity index (χ1n) is 7.16. The Hall–Kier alpha value is -1.64. The summed E-state index contributed by atoms with van der Waals surface area (Å²) in [5, 5.41) is 5.83. The van der Waals surface area contributed by atoms with Gasteiger partial charge >= 0.3 is 0 Å². The Kier molecular flexibility index (Phi) is 3.62. The van der Waals surface area contributed by atoms with E-state index in [0.717, 1.165) is 0 Å². The van der Waals surface area contributed by atoms with Crippen LogP contribution < -0.4 is 15.4 Å². The molecule has 7 nitrogen and oxygen atoms in total. The number of carbonyl (C=O) groups is 1. The Bertz CT molecular complexity index is 709. The number of hydrogen-bond acceptors (Lipinski definition) is 5. The predicted molar refractivity (Wildman–Crippen MR) is 81.4 cm³/mol. The molecule has 0 bridgehead atoms. The van der Waals surface area contributed by atoms with Crippen molar-refractivity contribution >= 4 is 21.6 Å². The fraction of sp³-hybridized carbons (Fsp3) is 0.500. The van der Waals surface area contributed by atoms with Crippen LogP contribution >= 0.6 is 0 Å². The zero-order valence-electron chi connectivity index (χ0n) is 12.5. The van der Waals surface area contributed by atoms with Crippen LogP contribution in [0.5, 0.6) is 5.75 Å². The number of hydrogen-bond donors (Lipinski definition) is 2. The number of fused-ring (bicyclic) bond motifs is 1. The second kappa shape index (κ2) is 5.22. The molecule has 1 aromatic carbocycles. The fourth-order valence-electron chi connectivity index (χ4n) is 2.48. The van der Waals surface area contributed by atoms with Crippen LogP contribution in [-0.4, -0.2) is 50.4 Å². The highest BCUT2D eigenvalue weighted by Crippen LogP contribution is 2.35. The van der Waals surface area contributed by atoms with Crippen LogP contribution in [0.3, 0.4) is 0 Å². The quantitative estimate of drug-likeness (QED) is 0.821. The summed E-state index contributed by atoms with van der Waals surface area (Å²) in [6.45, 7) is 5.48. The van der Waals surface area contributed by atoms with Gasteiger partial charge in [-0.3, -0.25) is 4.79 Å². The van der Waals surface area contributed by atoms with Crippen molar-refractivity contribution < 1.29 is 17.9 Å². The van der Waals surface area contributed by atoms with Crippen LogP contribution in [0.15, 0.2) is 23.1 Å². The maximum Gasteiger partial charge on any atom is 0.268 e. The van der Waals surface area contributed by atoms with E-state index in [2.05, 4.69) is 10.6 Å². The summed E-state index contributed by atoms with van der Waals surface area (Å²) in [6.07, 6.45) is 0. The largest absolute Gasteiger partial charge is 0.476 e. The molecule has 1 saturated heterocycles. The molecule has 22 heavy (non-hydrogen) atoms. The second-order valence-corrected chi connectivity index (χ2v) is 7.82. The third kappa shape index (κ3) is 2.57. The molecule has 1 amide bonds. The molecule has 2 aliphatic heterocycles. The summed E-state index contributed by atoms with van der Waals surface area (Å²) in [7, 11) is -3.56. The van der Waals surface area contributed by atoms with Crippen molar-refractivity contribution in [2.45, 2.75) is 24.3 Å². The summed E-state index contributed by atoms with van der Waals surface area (Å²) in [5.41, 5.74) is -0.577. The lowest BCUT2D eigenvalue weighted by molar-refractivity contribution is -0.129. The second-order valence-electron chi connectivity index (χ2n) is 5.88. The van der Waals surface area contributed by atoms with Gasteiger partial charge in [0.05, 0.1) is 10.6 Å². The maximum absolute atomic E-state index is 12.6. The van der Waals surface area contributed by atoms with Gasteiger partial charge in [0.25, 0.3) is 5.91 Å². The molecule has 0 radical (unpaired) electrons. The van der Waals surface area contributed by atoms with Crippen LogP contribution in [0.25, 0.3) is 0 Å². The van der Waals surface area contributed by atoms with Gasteiger partial charge in [0, 0.05) is 26.2 Å². The number of amides is 1. The van der Waals surface area contributed by atoms with Gasteiger partial charge in [0.1, 0.15) is 5.75 Å². The minimum atomic E-state index is -3.56. The van der Waals surface area contributed by atoms with Crippen molar-refractivity contribution in [1.29, 1.82) is 0 Å². The average molecular weight is 325 g/mol. The monoisotopic (exact) mass is 325 g/mol. The van der Waals surface area contributed by atoms with E-state index in [-0.39, 0.29) is 10.8 Å². The molecule has 0 aliphatic carbocycles. The molecule has 0 aromatic heterocycles. The molecule has 3 rings (SSSR count). The van der Waals surface area contributed by atoms with Gasteiger partial charge in [0.15, 0.2) is 5.60 Å². The van der Waals surface area contributed by atoms with E-state index in [1.807, 2.05) is 0 Å². The first-order chi connectivity index (χ1) is 10.3. The van der Waals surface area contributed by atoms with E-state index in [1.165, 1.54) is 16.4 Å². The maximum atomic E-state index is 12.6. The average Bonchev–Trinajstić information content (AvgIpc) is 2.48. The number of nitrogens with one attached hydrogen (secondary N) is 2. The number of anilines is 1. The third-order valence-corrected chi connectivity index (χ3v) is 5.72. The first-order valence-corrected chi connectivity index (χ1v) is 8.60. The van der Waals surface area contributed by atoms with Crippen molar-refractivity contribution in [2.24, 2.45) is 0 Å². The SMILES string of the molecule is CC1(C)Oc2ccc(S(=O)(=O)N3CCNCC3)cc2NC1=O. The van der Waals surface area contributed by atoms with Crippen LogP contribution in [-0.2, 0) is 14.8 Å². The van der Waals surface area contributed by atoms with E-state index >= 15 is 0 Å². The highest BCUT2D eigenvalue weighted by Gasteiger charge is 2.36. The Morgan fingerprint density at radius 1 is 1.23 bits per heavy atom. The number of carbonyl (C=O) groups excluding carboxylic acids is 1. The smallest absolute Gasteiger partial charge is 0.268 e. The lowest BCUT2D eigenvalue weighted by atomic mass is 10.1. The lowest BCUT2D eigenvalue weighted by Gasteiger charge is -2.32. The van der Waals surface area contributed by atoms with Gasteiger partial charge in [0.2, 0.25) is 10.0 Å². The van der Waals surface area contributed by atoms with Crippen molar-refractivity contribution in [1.82, 2.24) is 9.62 Å². The number of nitrogens with zero attached hydrogens (tertiary/aromatic N) is 1. The fourth-order valence-corrected chi connectivity index (χ4v) is 3.95. The molecule has 8 heteroatoms. The molecule has 120 valence electrons. The molecule has 0 atom stereocenters. The topological polar surface area (TPSA) is 87.7 Å². The van der Waals surface area contributed by atoms with E-state index in [4.69, 9.17) is 4.74 Å². The van der Waals surface area contributed by atoms with Gasteiger partial charge in [-0.2, -0.15) is 4.31 Å². The molecule has 2 heterocycles. The number of rotatable bonds is 2. The molecule has 2 N–H and O–H groups in total. The van der Waals surface area contributed by atoms with Gasteiger partial charge in [-0.25, -0.2) is 8.42 Å². The molecule has 1 fully saturated rings. The third-order valence-electron chi connectivity index (χ3n) is 3.82. The van der Waals surface area contributed by atoms with Crippen molar-refractivity contribution in [3.63, 3.8) is 0 Å². The highest BCUT2D eigenvalue weighted by molar-refractivity contribution is 7.89. The Morgan fingerprint density at radius 2 is 1.91 bits per heavy atom. The zero-order valence-corrected chi connectivity index (χ0v) is 13.4. The number of sulfonamides is 1. The Balaban J connectivity index is 1.94. The minimum absolute atomic E-state index is 0.164. The van der Waals surface area contributed by atoms with Gasteiger partial charge < -0.3 is 15.4 Å². The van der Waals surface area contributed by atoms with Gasteiger partial charge in [-0.15, -0.1) is 0 Å². The highest BCUT2D eigenvalue weighted by atomic mass is 32.2. The predicted octanol–water partition coefficient (Wildman–Crippen LogP) is 0.390. The van der Waals surface area contributed by atoms with E-state index in [0.29, 0.717) is 37.6 Å². The molecule has 1 aromatic rings. The number of ether oxygens (including phenoxy) is 1. The van der Waals surface area contributed by atoms with Crippen LogP contribution in [0, 0.1) is 0 Å². The minimum Gasteiger partial charge on any atom is -0.476 e. The van der Waals surface area contributed by atoms with Crippen molar-refractivity contribution in [2.75, 3.05) is 31.5 Å². The molecular weight excluding hydrogens is 306 g/mol. The zero-order chi connectivity index (χ0) is 16.0. The van der Waals surface area contributed by atoms with Gasteiger partial charge in [-0.05, 0) is 32.0 Å². The molecule has 0 spiro atoms. The summed E-state index contributed by atoms with van der Waals surface area (Å²) in [5.74, 6) is 0.181. The van der Waals surface area contributed by atoms with Crippen molar-refractivity contribution in [3.05, 3.63) is 18.2 Å². The molecule has 0 saturated carbocycles. The summed E-state index contributed by atoms with van der Waals surface area (Å²) in [4.78, 5) is 12.1. The van der Waals surface area contributed by atoms with E-state index < -0.39 is 15.6 Å². The van der Waals surface area contributed by atoms with E-state index in [9.17, 15) is 13.2 Å². The Morgan fingerprint density at radius 3 is 2.59 bits per heavy atom. The van der Waals surface area contributed by atoms with Crippen molar-refractivity contribution in [3.8, 4) is 5.75 Å². The standard InChI is InChI=1S/C14H19N3O4S/c1-14(2)13(18)16-11-9-10(3-4-12(11)21-14)22(19,20)17-7-5-15-6-8-17/h3-4,9,15H,5-8H2,1-2H3,(H,16,18). The lowest BCUT2D eigenvalue weighted by Crippen LogP contribution is -2.47. The number of piperazine rings is 1. The van der Waals surface area contributed by atoms with Crippen LogP contribution in [0.1, 0.15) is 13.8 Å². The molecule has 0 unspecified atom stereocenters. The molecular formula is C14H19N3O4S. The van der Waals surface area contributed by atoms with E-state index in [1.54, 1.807) is 19.9 Å². The summed E-state index contributed by atoms with van der Waals surface area (Å²) < 4.78 is 32.3. The number of benzene rings is 1. The normalized spacial score (nSPS) is 21.6. The first kappa shape index (κ1) is 15.3. The van der Waals surface area contributed by atoms with Gasteiger partial charge in [-0.1, -0.05) is 0 Å². The summed E-state index contributed by atoms with van der Waals surface area (Å²) >= 11 is 0.